The molecule has 2 aromatic carbocycles. The highest BCUT2D eigenvalue weighted by atomic mass is 16.5. The van der Waals surface area contributed by atoms with Gasteiger partial charge in [0.05, 0.1) is 5.69 Å². The van der Waals surface area contributed by atoms with Crippen molar-refractivity contribution in [2.45, 2.75) is 19.0 Å². The summed E-state index contributed by atoms with van der Waals surface area (Å²) >= 11 is 0. The number of nitrogens with one attached hydrogen (secondary N) is 1. The van der Waals surface area contributed by atoms with Crippen molar-refractivity contribution in [2.24, 2.45) is 0 Å². The fourth-order valence-corrected chi connectivity index (χ4v) is 3.33. The minimum atomic E-state index is -1.03. The summed E-state index contributed by atoms with van der Waals surface area (Å²) in [5.74, 6) is -1.26. The second-order valence-corrected chi connectivity index (χ2v) is 6.31. The lowest BCUT2D eigenvalue weighted by atomic mass is 9.93. The second kappa shape index (κ2) is 6.18. The van der Waals surface area contributed by atoms with Gasteiger partial charge in [0.2, 0.25) is 0 Å². The summed E-state index contributed by atoms with van der Waals surface area (Å²) < 4.78 is 5.35. The first kappa shape index (κ1) is 16.1. The molecule has 0 bridgehead atoms. The van der Waals surface area contributed by atoms with Gasteiger partial charge in [-0.05, 0) is 29.3 Å². The standard InChI is InChI=1S/C19H16N2O5/c22-17-10-26-16-8-12(5-6-14(16)20-17)18(23)21-9-13-4-2-1-3-11(13)7-15(21)19(24)25/h1-6,8,15H,7,9-10H2,(H,20,22)(H,24,25). The van der Waals surface area contributed by atoms with Crippen LogP contribution in [0.3, 0.4) is 0 Å². The lowest BCUT2D eigenvalue weighted by molar-refractivity contribution is -0.142. The van der Waals surface area contributed by atoms with Crippen LogP contribution in [0.1, 0.15) is 21.5 Å². The van der Waals surface area contributed by atoms with E-state index in [1.807, 2.05) is 24.3 Å². The van der Waals surface area contributed by atoms with E-state index < -0.39 is 12.0 Å². The van der Waals surface area contributed by atoms with Gasteiger partial charge in [-0.2, -0.15) is 0 Å². The Morgan fingerprint density at radius 3 is 2.69 bits per heavy atom. The van der Waals surface area contributed by atoms with Crippen LogP contribution in [0.4, 0.5) is 5.69 Å². The molecule has 2 amide bonds. The minimum absolute atomic E-state index is 0.112. The van der Waals surface area contributed by atoms with Crippen LogP contribution in [0, 0.1) is 0 Å². The van der Waals surface area contributed by atoms with Gasteiger partial charge in [0.1, 0.15) is 11.8 Å². The summed E-state index contributed by atoms with van der Waals surface area (Å²) in [6.45, 7) is 0.125. The average Bonchev–Trinajstić information content (AvgIpc) is 2.65. The van der Waals surface area contributed by atoms with Crippen LogP contribution in [-0.2, 0) is 22.6 Å². The van der Waals surface area contributed by atoms with Crippen molar-refractivity contribution in [3.05, 3.63) is 59.2 Å². The first-order chi connectivity index (χ1) is 12.5. The van der Waals surface area contributed by atoms with Gasteiger partial charge in [-0.15, -0.1) is 0 Å². The van der Waals surface area contributed by atoms with Gasteiger partial charge in [-0.3, -0.25) is 9.59 Å². The monoisotopic (exact) mass is 352 g/mol. The molecule has 0 aromatic heterocycles. The summed E-state index contributed by atoms with van der Waals surface area (Å²) in [4.78, 5) is 37.4. The molecule has 2 aliphatic heterocycles. The first-order valence-corrected chi connectivity index (χ1v) is 8.20. The molecule has 26 heavy (non-hydrogen) atoms. The fourth-order valence-electron chi connectivity index (χ4n) is 3.33. The minimum Gasteiger partial charge on any atom is -0.482 e. The Balaban J connectivity index is 1.66. The molecule has 7 nitrogen and oxygen atoms in total. The molecule has 0 saturated carbocycles. The van der Waals surface area contributed by atoms with Gasteiger partial charge in [0.15, 0.2) is 6.61 Å². The molecule has 7 heteroatoms. The largest absolute Gasteiger partial charge is 0.482 e. The van der Waals surface area contributed by atoms with E-state index in [4.69, 9.17) is 4.74 Å². The lowest BCUT2D eigenvalue weighted by Crippen LogP contribution is -2.48. The van der Waals surface area contributed by atoms with Crippen LogP contribution in [0.2, 0.25) is 0 Å². The molecule has 0 aliphatic carbocycles. The van der Waals surface area contributed by atoms with Crippen LogP contribution in [0.5, 0.6) is 5.75 Å². The number of benzene rings is 2. The normalized spacial score (nSPS) is 18.2. The van der Waals surface area contributed by atoms with Gasteiger partial charge in [-0.1, -0.05) is 24.3 Å². The molecular formula is C19H16N2O5. The number of nitrogens with zero attached hydrogens (tertiary/aromatic N) is 1. The van der Waals surface area contributed by atoms with Crippen molar-refractivity contribution in [1.29, 1.82) is 0 Å². The number of carboxylic acid groups (broad SMARTS) is 1. The fraction of sp³-hybridized carbons (Fsp3) is 0.211. The smallest absolute Gasteiger partial charge is 0.326 e. The molecular weight excluding hydrogens is 336 g/mol. The molecule has 2 aliphatic rings. The number of anilines is 1. The third-order valence-corrected chi connectivity index (χ3v) is 4.66. The zero-order valence-corrected chi connectivity index (χ0v) is 13.8. The highest BCUT2D eigenvalue weighted by Gasteiger charge is 2.35. The molecule has 2 heterocycles. The predicted molar refractivity (Wildman–Crippen MR) is 92.0 cm³/mol. The van der Waals surface area contributed by atoms with Crippen molar-refractivity contribution in [3.8, 4) is 5.75 Å². The summed E-state index contributed by atoms with van der Waals surface area (Å²) in [7, 11) is 0. The number of ether oxygens (including phenoxy) is 1. The van der Waals surface area contributed by atoms with E-state index >= 15 is 0 Å². The zero-order valence-electron chi connectivity index (χ0n) is 13.8. The van der Waals surface area contributed by atoms with Gasteiger partial charge < -0.3 is 20.1 Å². The third kappa shape index (κ3) is 2.77. The second-order valence-electron chi connectivity index (χ2n) is 6.31. The Labute approximate surface area is 149 Å². The molecule has 1 unspecified atom stereocenters. The summed E-state index contributed by atoms with van der Waals surface area (Å²) in [6.07, 6.45) is 0.273. The summed E-state index contributed by atoms with van der Waals surface area (Å²) in [5, 5.41) is 12.2. The lowest BCUT2D eigenvalue weighted by Gasteiger charge is -2.34. The highest BCUT2D eigenvalue weighted by Crippen LogP contribution is 2.31. The summed E-state index contributed by atoms with van der Waals surface area (Å²) in [6, 6.07) is 11.3. The highest BCUT2D eigenvalue weighted by molar-refractivity contribution is 6.00. The Morgan fingerprint density at radius 2 is 1.92 bits per heavy atom. The van der Waals surface area contributed by atoms with Crippen molar-refractivity contribution in [2.75, 3.05) is 11.9 Å². The van der Waals surface area contributed by atoms with E-state index in [9.17, 15) is 19.5 Å². The Hall–Kier alpha value is -3.35. The Morgan fingerprint density at radius 1 is 1.15 bits per heavy atom. The number of carboxylic acids is 1. The van der Waals surface area contributed by atoms with Crippen molar-refractivity contribution >= 4 is 23.5 Å². The molecule has 0 fully saturated rings. The SMILES string of the molecule is O=C1COc2cc(C(=O)N3Cc4ccccc4CC3C(=O)O)ccc2N1. The molecule has 0 spiro atoms. The number of fused-ring (bicyclic) bond motifs is 2. The van der Waals surface area contributed by atoms with Crippen LogP contribution in [0.15, 0.2) is 42.5 Å². The Kier molecular flexibility index (Phi) is 3.84. The average molecular weight is 352 g/mol. The van der Waals surface area contributed by atoms with E-state index in [1.54, 1.807) is 12.1 Å². The van der Waals surface area contributed by atoms with E-state index in [-0.39, 0.29) is 31.4 Å². The van der Waals surface area contributed by atoms with Crippen molar-refractivity contribution in [1.82, 2.24) is 4.90 Å². The van der Waals surface area contributed by atoms with Gasteiger partial charge in [-0.25, -0.2) is 4.79 Å². The van der Waals surface area contributed by atoms with Gasteiger partial charge >= 0.3 is 5.97 Å². The number of rotatable bonds is 2. The molecule has 1 atom stereocenters. The van der Waals surface area contributed by atoms with Gasteiger partial charge in [0, 0.05) is 18.5 Å². The van der Waals surface area contributed by atoms with Crippen LogP contribution in [0.25, 0.3) is 0 Å². The maximum absolute atomic E-state index is 13.0. The number of carbonyl (C=O) groups excluding carboxylic acids is 2. The Bertz CT molecular complexity index is 924. The van der Waals surface area contributed by atoms with Gasteiger partial charge in [0.25, 0.3) is 11.8 Å². The van der Waals surface area contributed by atoms with Crippen LogP contribution >= 0.6 is 0 Å². The number of carbonyl (C=O) groups is 3. The molecule has 2 aromatic rings. The first-order valence-electron chi connectivity index (χ1n) is 8.20. The number of aliphatic carboxylic acids is 1. The molecule has 132 valence electrons. The van der Waals surface area contributed by atoms with E-state index in [1.165, 1.54) is 11.0 Å². The predicted octanol–water partition coefficient (Wildman–Crippen LogP) is 1.67. The quantitative estimate of drug-likeness (QED) is 0.857. The van der Waals surface area contributed by atoms with Crippen LogP contribution < -0.4 is 10.1 Å². The van der Waals surface area contributed by atoms with E-state index in [2.05, 4.69) is 5.32 Å². The van der Waals surface area contributed by atoms with Crippen molar-refractivity contribution in [3.63, 3.8) is 0 Å². The van der Waals surface area contributed by atoms with Crippen LogP contribution in [-0.4, -0.2) is 40.4 Å². The molecule has 2 N–H and O–H groups in total. The van der Waals surface area contributed by atoms with E-state index in [0.29, 0.717) is 17.0 Å². The third-order valence-electron chi connectivity index (χ3n) is 4.66. The van der Waals surface area contributed by atoms with Crippen molar-refractivity contribution < 1.29 is 24.2 Å². The molecule has 4 rings (SSSR count). The number of amides is 2. The summed E-state index contributed by atoms with van der Waals surface area (Å²) in [5.41, 5.74) is 2.71. The molecule has 0 radical (unpaired) electrons. The zero-order chi connectivity index (χ0) is 18.3. The maximum Gasteiger partial charge on any atom is 0.326 e. The van der Waals surface area contributed by atoms with E-state index in [0.717, 1.165) is 11.1 Å². The molecule has 0 saturated heterocycles. The maximum atomic E-state index is 13.0. The number of hydrogen-bond donors (Lipinski definition) is 2. The number of hydrogen-bond acceptors (Lipinski definition) is 4. The topological polar surface area (TPSA) is 95.9 Å².